The molecule has 27 heavy (non-hydrogen) atoms. The van der Waals surface area contributed by atoms with Crippen molar-refractivity contribution in [2.75, 3.05) is 33.2 Å². The van der Waals surface area contributed by atoms with E-state index in [9.17, 15) is 19.2 Å². The molecule has 2 aliphatic heterocycles. The van der Waals surface area contributed by atoms with Gasteiger partial charge in [0.1, 0.15) is 6.04 Å². The van der Waals surface area contributed by atoms with E-state index in [-0.39, 0.29) is 30.8 Å². The number of rotatable bonds is 6. The highest BCUT2D eigenvalue weighted by Crippen LogP contribution is 2.21. The van der Waals surface area contributed by atoms with Gasteiger partial charge in [-0.3, -0.25) is 19.2 Å². The van der Waals surface area contributed by atoms with Crippen LogP contribution in [0.15, 0.2) is 0 Å². The molecule has 0 bridgehead atoms. The molecule has 1 N–H and O–H groups in total. The van der Waals surface area contributed by atoms with Crippen molar-refractivity contribution in [2.24, 2.45) is 5.92 Å². The Morgan fingerprint density at radius 2 is 1.78 bits per heavy atom. The fourth-order valence-electron chi connectivity index (χ4n) is 3.88. The lowest BCUT2D eigenvalue weighted by molar-refractivity contribution is -0.150. The average molecular weight is 381 g/mol. The van der Waals surface area contributed by atoms with Crippen LogP contribution in [0.25, 0.3) is 0 Å². The van der Waals surface area contributed by atoms with E-state index < -0.39 is 17.9 Å². The van der Waals surface area contributed by atoms with Crippen molar-refractivity contribution in [3.05, 3.63) is 0 Å². The molecule has 152 valence electrons. The molecular weight excluding hydrogens is 350 g/mol. The molecule has 3 amide bonds. The number of hydrogen-bond donors (Lipinski definition) is 1. The van der Waals surface area contributed by atoms with Gasteiger partial charge in [0.2, 0.25) is 17.7 Å². The lowest BCUT2D eigenvalue weighted by Gasteiger charge is -2.37. The molecule has 2 fully saturated rings. The number of carbonyl (C=O) groups is 4. The second-order valence-corrected chi connectivity index (χ2v) is 7.56. The zero-order chi connectivity index (χ0) is 20.0. The van der Waals surface area contributed by atoms with Gasteiger partial charge in [0.25, 0.3) is 0 Å². The minimum atomic E-state index is -0.885. The SMILES string of the molecule is CCCC(=O)N1CCCCC1C(=O)N(C)CC(=O)N1CCCC(C(=O)O)C1. The van der Waals surface area contributed by atoms with E-state index in [2.05, 4.69) is 0 Å². The molecule has 0 radical (unpaired) electrons. The van der Waals surface area contributed by atoms with Gasteiger partial charge in [0.15, 0.2) is 0 Å². The van der Waals surface area contributed by atoms with Crippen molar-refractivity contribution in [3.8, 4) is 0 Å². The first-order valence-corrected chi connectivity index (χ1v) is 9.90. The highest BCUT2D eigenvalue weighted by atomic mass is 16.4. The number of nitrogens with zero attached hydrogens (tertiary/aromatic N) is 3. The van der Waals surface area contributed by atoms with Gasteiger partial charge in [-0.2, -0.15) is 0 Å². The van der Waals surface area contributed by atoms with Gasteiger partial charge in [-0.05, 0) is 38.5 Å². The number of likely N-dealkylation sites (tertiary alicyclic amines) is 2. The summed E-state index contributed by atoms with van der Waals surface area (Å²) in [5.74, 6) is -1.87. The summed E-state index contributed by atoms with van der Waals surface area (Å²) in [6.07, 6.45) is 4.80. The Bertz CT molecular complexity index is 580. The number of aliphatic carboxylic acids is 1. The van der Waals surface area contributed by atoms with Crippen LogP contribution in [0.1, 0.15) is 51.9 Å². The van der Waals surface area contributed by atoms with Crippen LogP contribution in [-0.4, -0.2) is 82.8 Å². The summed E-state index contributed by atoms with van der Waals surface area (Å²) in [4.78, 5) is 53.5. The van der Waals surface area contributed by atoms with Crippen molar-refractivity contribution < 1.29 is 24.3 Å². The Balaban J connectivity index is 1.96. The molecular formula is C19H31N3O5. The maximum absolute atomic E-state index is 12.9. The first kappa shape index (κ1) is 21.2. The average Bonchev–Trinajstić information content (AvgIpc) is 2.67. The predicted octanol–water partition coefficient (Wildman–Crippen LogP) is 0.949. The van der Waals surface area contributed by atoms with Crippen LogP contribution < -0.4 is 0 Å². The van der Waals surface area contributed by atoms with Crippen LogP contribution in [0.5, 0.6) is 0 Å². The summed E-state index contributed by atoms with van der Waals surface area (Å²) in [5.41, 5.74) is 0. The van der Waals surface area contributed by atoms with E-state index in [1.54, 1.807) is 11.9 Å². The van der Waals surface area contributed by atoms with E-state index >= 15 is 0 Å². The molecule has 0 saturated carbocycles. The zero-order valence-electron chi connectivity index (χ0n) is 16.4. The van der Waals surface area contributed by atoms with Crippen LogP contribution in [0.2, 0.25) is 0 Å². The number of carboxylic acids is 1. The van der Waals surface area contributed by atoms with E-state index in [1.807, 2.05) is 6.92 Å². The quantitative estimate of drug-likeness (QED) is 0.739. The van der Waals surface area contributed by atoms with Crippen LogP contribution in [0, 0.1) is 5.92 Å². The summed E-state index contributed by atoms with van der Waals surface area (Å²) in [7, 11) is 1.58. The Kier molecular flexibility index (Phi) is 7.62. The Labute approximate surface area is 160 Å². The van der Waals surface area contributed by atoms with E-state index in [1.165, 1.54) is 9.80 Å². The summed E-state index contributed by atoms with van der Waals surface area (Å²) >= 11 is 0. The van der Waals surface area contributed by atoms with Gasteiger partial charge < -0.3 is 19.8 Å². The molecule has 0 spiro atoms. The lowest BCUT2D eigenvalue weighted by atomic mass is 9.98. The van der Waals surface area contributed by atoms with Gasteiger partial charge in [-0.1, -0.05) is 6.92 Å². The number of amides is 3. The Morgan fingerprint density at radius 1 is 1.04 bits per heavy atom. The summed E-state index contributed by atoms with van der Waals surface area (Å²) in [5, 5.41) is 9.16. The smallest absolute Gasteiger partial charge is 0.308 e. The van der Waals surface area contributed by atoms with Crippen LogP contribution in [0.3, 0.4) is 0 Å². The van der Waals surface area contributed by atoms with Crippen LogP contribution >= 0.6 is 0 Å². The second kappa shape index (κ2) is 9.71. The minimum Gasteiger partial charge on any atom is -0.481 e. The fourth-order valence-corrected chi connectivity index (χ4v) is 3.88. The van der Waals surface area contributed by atoms with Gasteiger partial charge in [-0.15, -0.1) is 0 Å². The third-order valence-corrected chi connectivity index (χ3v) is 5.44. The standard InChI is InChI=1S/C19H31N3O5/c1-3-7-16(23)22-11-5-4-9-15(22)18(25)20(2)13-17(24)21-10-6-8-14(12-21)19(26)27/h14-15H,3-13H2,1-2H3,(H,26,27). The van der Waals surface area contributed by atoms with Crippen LogP contribution in [-0.2, 0) is 19.2 Å². The third-order valence-electron chi connectivity index (χ3n) is 5.44. The zero-order valence-corrected chi connectivity index (χ0v) is 16.4. The fraction of sp³-hybridized carbons (Fsp3) is 0.789. The highest BCUT2D eigenvalue weighted by molar-refractivity contribution is 5.90. The molecule has 0 aromatic rings. The Morgan fingerprint density at radius 3 is 2.44 bits per heavy atom. The van der Waals surface area contributed by atoms with E-state index in [4.69, 9.17) is 5.11 Å². The van der Waals surface area contributed by atoms with Gasteiger partial charge in [0.05, 0.1) is 12.5 Å². The third kappa shape index (κ3) is 5.43. The number of hydrogen-bond acceptors (Lipinski definition) is 4. The minimum absolute atomic E-state index is 0.00407. The molecule has 2 rings (SSSR count). The monoisotopic (exact) mass is 381 g/mol. The van der Waals surface area contributed by atoms with Crippen molar-refractivity contribution in [1.82, 2.24) is 14.7 Å². The maximum Gasteiger partial charge on any atom is 0.308 e. The maximum atomic E-state index is 12.9. The highest BCUT2D eigenvalue weighted by Gasteiger charge is 2.35. The molecule has 2 aliphatic rings. The largest absolute Gasteiger partial charge is 0.481 e. The number of piperidine rings is 2. The van der Waals surface area contributed by atoms with Crippen molar-refractivity contribution in [3.63, 3.8) is 0 Å². The van der Waals surface area contributed by atoms with Gasteiger partial charge >= 0.3 is 5.97 Å². The Hall–Kier alpha value is -2.12. The molecule has 0 aliphatic carbocycles. The first-order valence-electron chi connectivity index (χ1n) is 9.90. The molecule has 2 saturated heterocycles. The van der Waals surface area contributed by atoms with E-state index in [0.29, 0.717) is 38.8 Å². The predicted molar refractivity (Wildman–Crippen MR) is 98.8 cm³/mol. The van der Waals surface area contributed by atoms with Crippen molar-refractivity contribution in [1.29, 1.82) is 0 Å². The number of likely N-dealkylation sites (N-methyl/N-ethyl adjacent to an activating group) is 1. The molecule has 8 nitrogen and oxygen atoms in total. The molecule has 2 atom stereocenters. The van der Waals surface area contributed by atoms with Crippen LogP contribution in [0.4, 0.5) is 0 Å². The second-order valence-electron chi connectivity index (χ2n) is 7.56. The molecule has 0 aromatic carbocycles. The normalized spacial score (nSPS) is 23.0. The van der Waals surface area contributed by atoms with Crippen molar-refractivity contribution in [2.45, 2.75) is 57.9 Å². The van der Waals surface area contributed by atoms with Gasteiger partial charge in [0, 0.05) is 33.1 Å². The molecule has 0 aromatic heterocycles. The first-order chi connectivity index (χ1) is 12.8. The lowest BCUT2D eigenvalue weighted by Crippen LogP contribution is -2.54. The molecule has 2 unspecified atom stereocenters. The van der Waals surface area contributed by atoms with E-state index in [0.717, 1.165) is 19.3 Å². The topological polar surface area (TPSA) is 98.2 Å². The van der Waals surface area contributed by atoms with Crippen molar-refractivity contribution >= 4 is 23.7 Å². The molecule has 2 heterocycles. The summed E-state index contributed by atoms with van der Waals surface area (Å²) < 4.78 is 0. The summed E-state index contributed by atoms with van der Waals surface area (Å²) in [6.45, 7) is 3.16. The number of carbonyl (C=O) groups excluding carboxylic acids is 3. The number of carboxylic acid groups (broad SMARTS) is 1. The summed E-state index contributed by atoms with van der Waals surface area (Å²) in [6, 6.07) is -0.497. The van der Waals surface area contributed by atoms with Gasteiger partial charge in [-0.25, -0.2) is 0 Å². The molecule has 8 heteroatoms.